The van der Waals surface area contributed by atoms with Crippen molar-refractivity contribution in [3.05, 3.63) is 40.7 Å². The highest BCUT2D eigenvalue weighted by Gasteiger charge is 2.11. The Kier molecular flexibility index (Phi) is 3.16. The molecule has 0 radical (unpaired) electrons. The van der Waals surface area contributed by atoms with Crippen LogP contribution in [0.15, 0.2) is 35.2 Å². The molecule has 0 bridgehead atoms. The fourth-order valence-corrected chi connectivity index (χ4v) is 1.91. The summed E-state index contributed by atoms with van der Waals surface area (Å²) in [5.41, 5.74) is 1.34. The van der Waals surface area contributed by atoms with Crippen molar-refractivity contribution in [1.29, 1.82) is 0 Å². The molecule has 2 heterocycles. The van der Waals surface area contributed by atoms with Crippen LogP contribution >= 0.6 is 11.3 Å². The van der Waals surface area contributed by atoms with E-state index in [1.807, 2.05) is 16.8 Å². The van der Waals surface area contributed by atoms with E-state index in [-0.39, 0.29) is 5.91 Å². The molecule has 0 aliphatic carbocycles. The summed E-state index contributed by atoms with van der Waals surface area (Å²) in [7, 11) is 1.74. The van der Waals surface area contributed by atoms with Gasteiger partial charge in [0, 0.05) is 18.6 Å². The number of rotatable bonds is 3. The fourth-order valence-electron chi connectivity index (χ4n) is 1.32. The number of pyridine rings is 1. The van der Waals surface area contributed by atoms with E-state index in [0.717, 1.165) is 5.69 Å². The average Bonchev–Trinajstić information content (AvgIpc) is 2.81. The molecule has 2 rings (SSSR count). The zero-order valence-corrected chi connectivity index (χ0v) is 9.54. The number of nitrogens with zero attached hydrogens (tertiary/aromatic N) is 1. The molecule has 2 aromatic rings. The molecular weight excluding hydrogens is 222 g/mol. The maximum absolute atomic E-state index is 11.9. The predicted molar refractivity (Wildman–Crippen MR) is 66.1 cm³/mol. The Balaban J connectivity index is 2.21. The van der Waals surface area contributed by atoms with Gasteiger partial charge in [0.1, 0.15) is 5.82 Å². The Morgan fingerprint density at radius 2 is 2.31 bits per heavy atom. The molecule has 0 aromatic carbocycles. The van der Waals surface area contributed by atoms with Crippen LogP contribution in [-0.4, -0.2) is 17.9 Å². The Labute approximate surface area is 97.3 Å². The van der Waals surface area contributed by atoms with Gasteiger partial charge in [-0.1, -0.05) is 0 Å². The summed E-state index contributed by atoms with van der Waals surface area (Å²) in [6.45, 7) is 0. The maximum Gasteiger partial charge on any atom is 0.259 e. The van der Waals surface area contributed by atoms with E-state index in [0.29, 0.717) is 11.4 Å². The first-order chi connectivity index (χ1) is 7.81. The molecule has 0 spiro atoms. The Morgan fingerprint density at radius 3 is 3.00 bits per heavy atom. The second-order valence-corrected chi connectivity index (χ2v) is 3.90. The van der Waals surface area contributed by atoms with Gasteiger partial charge in [-0.05, 0) is 23.6 Å². The van der Waals surface area contributed by atoms with Gasteiger partial charge in [-0.3, -0.25) is 4.79 Å². The van der Waals surface area contributed by atoms with Crippen molar-refractivity contribution >= 4 is 28.7 Å². The number of aromatic nitrogens is 1. The van der Waals surface area contributed by atoms with E-state index in [4.69, 9.17) is 0 Å². The molecule has 2 aromatic heterocycles. The fraction of sp³-hybridized carbons (Fsp3) is 0.0909. The minimum atomic E-state index is -0.157. The third-order valence-corrected chi connectivity index (χ3v) is 2.75. The van der Waals surface area contributed by atoms with Crippen LogP contribution in [0.3, 0.4) is 0 Å². The number of carbonyl (C=O) groups excluding carboxylic acids is 1. The third-order valence-electron chi connectivity index (χ3n) is 2.07. The number of thiophene rings is 1. The van der Waals surface area contributed by atoms with E-state index in [1.54, 1.807) is 36.7 Å². The zero-order valence-electron chi connectivity index (χ0n) is 8.73. The molecule has 0 atom stereocenters. The first kappa shape index (κ1) is 10.6. The molecule has 4 nitrogen and oxygen atoms in total. The molecule has 2 N–H and O–H groups in total. The third kappa shape index (κ3) is 2.20. The summed E-state index contributed by atoms with van der Waals surface area (Å²) in [5.74, 6) is 0.422. The van der Waals surface area contributed by atoms with Crippen LogP contribution in [0.5, 0.6) is 0 Å². The molecule has 16 heavy (non-hydrogen) atoms. The van der Waals surface area contributed by atoms with Crippen molar-refractivity contribution in [2.24, 2.45) is 0 Å². The lowest BCUT2D eigenvalue weighted by Gasteiger charge is -2.07. The Hall–Kier alpha value is -1.88. The van der Waals surface area contributed by atoms with Gasteiger partial charge in [0.2, 0.25) is 0 Å². The van der Waals surface area contributed by atoms with Crippen LogP contribution in [-0.2, 0) is 0 Å². The lowest BCUT2D eigenvalue weighted by atomic mass is 10.2. The first-order valence-corrected chi connectivity index (χ1v) is 5.72. The van der Waals surface area contributed by atoms with Crippen LogP contribution in [0.25, 0.3) is 0 Å². The van der Waals surface area contributed by atoms with Gasteiger partial charge in [-0.2, -0.15) is 11.3 Å². The van der Waals surface area contributed by atoms with Gasteiger partial charge in [-0.25, -0.2) is 4.98 Å². The van der Waals surface area contributed by atoms with E-state index in [1.165, 1.54) is 0 Å². The SMILES string of the molecule is CNc1ncccc1C(=O)Nc1ccsc1. The molecule has 5 heteroatoms. The van der Waals surface area contributed by atoms with Gasteiger partial charge < -0.3 is 10.6 Å². The zero-order chi connectivity index (χ0) is 11.4. The quantitative estimate of drug-likeness (QED) is 0.856. The van der Waals surface area contributed by atoms with E-state index >= 15 is 0 Å². The van der Waals surface area contributed by atoms with Crippen LogP contribution in [0, 0.1) is 0 Å². The Bertz CT molecular complexity index is 482. The maximum atomic E-state index is 11.9. The number of hydrogen-bond donors (Lipinski definition) is 2. The van der Waals surface area contributed by atoms with Crippen molar-refractivity contribution < 1.29 is 4.79 Å². The number of amides is 1. The van der Waals surface area contributed by atoms with Crippen LogP contribution in [0.1, 0.15) is 10.4 Å². The van der Waals surface area contributed by atoms with E-state index in [9.17, 15) is 4.79 Å². The van der Waals surface area contributed by atoms with E-state index in [2.05, 4.69) is 15.6 Å². The molecule has 0 fully saturated rings. The lowest BCUT2D eigenvalue weighted by molar-refractivity contribution is 0.102. The molecule has 0 aliphatic heterocycles. The van der Waals surface area contributed by atoms with E-state index < -0.39 is 0 Å². The molecular formula is C11H11N3OS. The van der Waals surface area contributed by atoms with Gasteiger partial charge in [0.05, 0.1) is 11.3 Å². The summed E-state index contributed by atoms with van der Waals surface area (Å²) < 4.78 is 0. The minimum absolute atomic E-state index is 0.157. The summed E-state index contributed by atoms with van der Waals surface area (Å²) in [5, 5.41) is 9.49. The monoisotopic (exact) mass is 233 g/mol. The summed E-state index contributed by atoms with van der Waals surface area (Å²) in [6, 6.07) is 5.34. The summed E-state index contributed by atoms with van der Waals surface area (Å²) in [4.78, 5) is 16.0. The summed E-state index contributed by atoms with van der Waals surface area (Å²) >= 11 is 1.54. The highest BCUT2D eigenvalue weighted by atomic mass is 32.1. The van der Waals surface area contributed by atoms with Crippen molar-refractivity contribution in [3.8, 4) is 0 Å². The topological polar surface area (TPSA) is 54.0 Å². The predicted octanol–water partition coefficient (Wildman–Crippen LogP) is 2.44. The van der Waals surface area contributed by atoms with Crippen molar-refractivity contribution in [2.45, 2.75) is 0 Å². The Morgan fingerprint density at radius 1 is 1.44 bits per heavy atom. The molecule has 0 aliphatic rings. The molecule has 82 valence electrons. The normalized spacial score (nSPS) is 9.81. The number of hydrogen-bond acceptors (Lipinski definition) is 4. The standard InChI is InChI=1S/C11H11N3OS/c1-12-10-9(3-2-5-13-10)11(15)14-8-4-6-16-7-8/h2-7H,1H3,(H,12,13)(H,14,15). The van der Waals surface area contributed by atoms with Gasteiger partial charge in [-0.15, -0.1) is 0 Å². The average molecular weight is 233 g/mol. The molecule has 0 saturated heterocycles. The minimum Gasteiger partial charge on any atom is -0.372 e. The number of carbonyl (C=O) groups is 1. The molecule has 0 unspecified atom stereocenters. The number of anilines is 2. The van der Waals surface area contributed by atoms with Crippen molar-refractivity contribution in [3.63, 3.8) is 0 Å². The second-order valence-electron chi connectivity index (χ2n) is 3.12. The van der Waals surface area contributed by atoms with Crippen LogP contribution < -0.4 is 10.6 Å². The largest absolute Gasteiger partial charge is 0.372 e. The highest BCUT2D eigenvalue weighted by molar-refractivity contribution is 7.08. The van der Waals surface area contributed by atoms with Crippen LogP contribution in [0.2, 0.25) is 0 Å². The lowest BCUT2D eigenvalue weighted by Crippen LogP contribution is -2.14. The van der Waals surface area contributed by atoms with Crippen LogP contribution in [0.4, 0.5) is 11.5 Å². The molecule has 1 amide bonds. The van der Waals surface area contributed by atoms with Crippen molar-refractivity contribution in [2.75, 3.05) is 17.7 Å². The van der Waals surface area contributed by atoms with Gasteiger partial charge in [0.25, 0.3) is 5.91 Å². The smallest absolute Gasteiger partial charge is 0.259 e. The molecule has 0 saturated carbocycles. The van der Waals surface area contributed by atoms with Crippen molar-refractivity contribution in [1.82, 2.24) is 4.98 Å². The first-order valence-electron chi connectivity index (χ1n) is 4.77. The summed E-state index contributed by atoms with van der Waals surface area (Å²) in [6.07, 6.45) is 1.65. The van der Waals surface area contributed by atoms with Gasteiger partial charge in [0.15, 0.2) is 0 Å². The second kappa shape index (κ2) is 4.76. The number of nitrogens with one attached hydrogen (secondary N) is 2. The highest BCUT2D eigenvalue weighted by Crippen LogP contribution is 2.16. The van der Waals surface area contributed by atoms with Gasteiger partial charge >= 0.3 is 0 Å².